The van der Waals surface area contributed by atoms with Crippen molar-refractivity contribution in [3.8, 4) is 5.69 Å². The molecule has 6 nitrogen and oxygen atoms in total. The molecule has 1 aliphatic rings. The van der Waals surface area contributed by atoms with E-state index < -0.39 is 18.1 Å². The lowest BCUT2D eigenvalue weighted by atomic mass is 10.2. The van der Waals surface area contributed by atoms with Crippen LogP contribution in [0.25, 0.3) is 5.69 Å². The van der Waals surface area contributed by atoms with Crippen molar-refractivity contribution >= 4 is 5.91 Å². The molecule has 0 radical (unpaired) electrons. The zero-order chi connectivity index (χ0) is 16.4. The predicted molar refractivity (Wildman–Crippen MR) is 82.2 cm³/mol. The molecule has 3 rings (SSSR count). The van der Waals surface area contributed by atoms with Gasteiger partial charge < -0.3 is 10.0 Å². The summed E-state index contributed by atoms with van der Waals surface area (Å²) in [5.41, 5.74) is 0.819. The van der Waals surface area contributed by atoms with E-state index in [1.54, 1.807) is 4.68 Å². The Hall–Kier alpha value is -2.28. The molecule has 1 aromatic heterocycles. The number of nitrogens with zero attached hydrogens (tertiary/aromatic N) is 4. The van der Waals surface area contributed by atoms with Gasteiger partial charge in [0, 0.05) is 12.8 Å². The minimum Gasteiger partial charge on any atom is -0.394 e. The number of hydrogen-bond donors (Lipinski definition) is 1. The molecule has 0 bridgehead atoms. The molecule has 1 aromatic carbocycles. The van der Waals surface area contributed by atoms with Gasteiger partial charge in [0.05, 0.1) is 24.9 Å². The van der Waals surface area contributed by atoms with Gasteiger partial charge in [-0.3, -0.25) is 4.79 Å². The molecule has 1 amide bonds. The van der Waals surface area contributed by atoms with Crippen molar-refractivity contribution in [2.24, 2.45) is 0 Å². The normalized spacial score (nSPS) is 20.9. The number of amides is 1. The van der Waals surface area contributed by atoms with Gasteiger partial charge in [-0.25, -0.2) is 14.1 Å². The minimum absolute atomic E-state index is 0.0224. The summed E-state index contributed by atoms with van der Waals surface area (Å²) in [6.07, 6.45) is -0.343. The number of rotatable bonds is 4. The first-order valence-electron chi connectivity index (χ1n) is 7.71. The van der Waals surface area contributed by atoms with Crippen LogP contribution in [-0.4, -0.2) is 56.0 Å². The summed E-state index contributed by atoms with van der Waals surface area (Å²) in [7, 11) is 0. The average Bonchev–Trinajstić information content (AvgIpc) is 3.18. The molecule has 7 heteroatoms. The average molecular weight is 318 g/mol. The molecule has 1 saturated heterocycles. The van der Waals surface area contributed by atoms with Gasteiger partial charge in [0.25, 0.3) is 5.91 Å². The number of alkyl halides is 1. The van der Waals surface area contributed by atoms with Crippen LogP contribution in [0.15, 0.2) is 30.3 Å². The minimum atomic E-state index is -1.11. The van der Waals surface area contributed by atoms with Gasteiger partial charge >= 0.3 is 0 Å². The SMILES string of the molecule is CCc1nc(C(=O)N2C[C@@H](F)C[C@H]2CO)nn1-c1ccccc1. The molecule has 122 valence electrons. The standard InChI is InChI=1S/C16H19FN4O2/c1-2-14-18-15(19-21(14)12-6-4-3-5-7-12)16(23)20-9-11(17)8-13(20)10-22/h3-7,11,13,22H,2,8-10H2,1H3/t11-,13-/m0/s1. The topological polar surface area (TPSA) is 71.2 Å². The van der Waals surface area contributed by atoms with Crippen LogP contribution in [0.5, 0.6) is 0 Å². The summed E-state index contributed by atoms with van der Waals surface area (Å²) in [6.45, 7) is 1.65. The number of halogens is 1. The fourth-order valence-electron chi connectivity index (χ4n) is 2.85. The first kappa shape index (κ1) is 15.6. The summed E-state index contributed by atoms with van der Waals surface area (Å²) >= 11 is 0. The molecular weight excluding hydrogens is 299 g/mol. The molecular formula is C16H19FN4O2. The number of carbonyl (C=O) groups excluding carboxylic acids is 1. The monoisotopic (exact) mass is 318 g/mol. The van der Waals surface area contributed by atoms with E-state index in [1.807, 2.05) is 37.3 Å². The second kappa shape index (κ2) is 6.45. The lowest BCUT2D eigenvalue weighted by Crippen LogP contribution is -2.38. The van der Waals surface area contributed by atoms with Crippen LogP contribution >= 0.6 is 0 Å². The Balaban J connectivity index is 1.92. The van der Waals surface area contributed by atoms with Gasteiger partial charge in [-0.05, 0) is 12.1 Å². The molecule has 1 fully saturated rings. The molecule has 0 unspecified atom stereocenters. The van der Waals surface area contributed by atoms with E-state index in [-0.39, 0.29) is 25.4 Å². The van der Waals surface area contributed by atoms with Crippen LogP contribution in [0, 0.1) is 0 Å². The van der Waals surface area contributed by atoms with E-state index in [9.17, 15) is 14.3 Å². The lowest BCUT2D eigenvalue weighted by Gasteiger charge is -2.20. The number of para-hydroxylation sites is 1. The van der Waals surface area contributed by atoms with Crippen molar-refractivity contribution in [1.29, 1.82) is 0 Å². The number of benzene rings is 1. The number of likely N-dealkylation sites (tertiary alicyclic amines) is 1. The number of aliphatic hydroxyl groups excluding tert-OH is 1. The maximum absolute atomic E-state index is 13.6. The highest BCUT2D eigenvalue weighted by molar-refractivity contribution is 5.91. The molecule has 1 aliphatic heterocycles. The van der Waals surface area contributed by atoms with Gasteiger partial charge in [0.15, 0.2) is 0 Å². The number of hydrogen-bond acceptors (Lipinski definition) is 4. The third-order valence-electron chi connectivity index (χ3n) is 4.02. The Morgan fingerprint density at radius 3 is 2.78 bits per heavy atom. The Bertz CT molecular complexity index is 689. The van der Waals surface area contributed by atoms with Crippen LogP contribution in [0.1, 0.15) is 29.8 Å². The quantitative estimate of drug-likeness (QED) is 0.924. The Labute approximate surface area is 133 Å². The first-order valence-corrected chi connectivity index (χ1v) is 7.71. The van der Waals surface area contributed by atoms with E-state index in [4.69, 9.17) is 0 Å². The number of aliphatic hydroxyl groups is 1. The van der Waals surface area contributed by atoms with E-state index in [0.717, 1.165) is 5.69 Å². The molecule has 0 spiro atoms. The summed E-state index contributed by atoms with van der Waals surface area (Å²) in [6, 6.07) is 8.92. The van der Waals surface area contributed by atoms with Crippen molar-refractivity contribution in [1.82, 2.24) is 19.7 Å². The van der Waals surface area contributed by atoms with Crippen LogP contribution in [0.2, 0.25) is 0 Å². The van der Waals surface area contributed by atoms with Crippen LogP contribution in [0.4, 0.5) is 4.39 Å². The van der Waals surface area contributed by atoms with Crippen LogP contribution in [0.3, 0.4) is 0 Å². The third-order valence-corrected chi connectivity index (χ3v) is 4.02. The fraction of sp³-hybridized carbons (Fsp3) is 0.438. The fourth-order valence-corrected chi connectivity index (χ4v) is 2.85. The summed E-state index contributed by atoms with van der Waals surface area (Å²) in [4.78, 5) is 18.2. The zero-order valence-electron chi connectivity index (χ0n) is 12.9. The van der Waals surface area contributed by atoms with Gasteiger partial charge in [-0.1, -0.05) is 25.1 Å². The van der Waals surface area contributed by atoms with E-state index in [0.29, 0.717) is 12.2 Å². The van der Waals surface area contributed by atoms with Gasteiger partial charge in [-0.2, -0.15) is 0 Å². The Kier molecular flexibility index (Phi) is 4.38. The Morgan fingerprint density at radius 2 is 2.13 bits per heavy atom. The van der Waals surface area contributed by atoms with Crippen molar-refractivity contribution in [2.75, 3.05) is 13.2 Å². The number of aromatic nitrogens is 3. The van der Waals surface area contributed by atoms with Crippen LogP contribution < -0.4 is 0 Å². The molecule has 0 saturated carbocycles. The molecule has 2 atom stereocenters. The number of carbonyl (C=O) groups is 1. The summed E-state index contributed by atoms with van der Waals surface area (Å²) < 4.78 is 15.2. The van der Waals surface area contributed by atoms with E-state index in [1.165, 1.54) is 4.90 Å². The molecule has 1 N–H and O–H groups in total. The van der Waals surface area contributed by atoms with Crippen molar-refractivity contribution in [3.63, 3.8) is 0 Å². The van der Waals surface area contributed by atoms with Crippen molar-refractivity contribution in [2.45, 2.75) is 32.0 Å². The molecule has 0 aliphatic carbocycles. The summed E-state index contributed by atoms with van der Waals surface area (Å²) in [5.74, 6) is 0.267. The van der Waals surface area contributed by atoms with E-state index in [2.05, 4.69) is 10.1 Å². The highest BCUT2D eigenvalue weighted by Crippen LogP contribution is 2.22. The smallest absolute Gasteiger partial charge is 0.293 e. The predicted octanol–water partition coefficient (Wildman–Crippen LogP) is 1.37. The largest absolute Gasteiger partial charge is 0.394 e. The zero-order valence-corrected chi connectivity index (χ0v) is 12.9. The van der Waals surface area contributed by atoms with Crippen molar-refractivity contribution in [3.05, 3.63) is 42.0 Å². The van der Waals surface area contributed by atoms with Gasteiger partial charge in [0.1, 0.15) is 12.0 Å². The van der Waals surface area contributed by atoms with Crippen molar-refractivity contribution < 1.29 is 14.3 Å². The highest BCUT2D eigenvalue weighted by Gasteiger charge is 2.37. The molecule has 23 heavy (non-hydrogen) atoms. The Morgan fingerprint density at radius 1 is 1.39 bits per heavy atom. The third kappa shape index (κ3) is 2.96. The maximum Gasteiger partial charge on any atom is 0.293 e. The van der Waals surface area contributed by atoms with Crippen LogP contribution in [-0.2, 0) is 6.42 Å². The number of aryl methyl sites for hydroxylation is 1. The van der Waals surface area contributed by atoms with Gasteiger partial charge in [0.2, 0.25) is 5.82 Å². The molecule has 2 aromatic rings. The summed E-state index contributed by atoms with van der Waals surface area (Å²) in [5, 5.41) is 13.6. The molecule has 2 heterocycles. The highest BCUT2D eigenvalue weighted by atomic mass is 19.1. The second-order valence-electron chi connectivity index (χ2n) is 5.58. The second-order valence-corrected chi connectivity index (χ2v) is 5.58. The van der Waals surface area contributed by atoms with E-state index >= 15 is 0 Å². The first-order chi connectivity index (χ1) is 11.1. The lowest BCUT2D eigenvalue weighted by molar-refractivity contribution is 0.0660. The van der Waals surface area contributed by atoms with Gasteiger partial charge in [-0.15, -0.1) is 5.10 Å². The maximum atomic E-state index is 13.6.